The predicted octanol–water partition coefficient (Wildman–Crippen LogP) is 2.54. The van der Waals surface area contributed by atoms with Crippen molar-refractivity contribution in [3.8, 4) is 11.6 Å². The van der Waals surface area contributed by atoms with Gasteiger partial charge in [-0.05, 0) is 58.3 Å². The van der Waals surface area contributed by atoms with Gasteiger partial charge in [-0.2, -0.15) is 0 Å². The third kappa shape index (κ3) is 4.90. The van der Waals surface area contributed by atoms with Gasteiger partial charge in [0.05, 0.1) is 11.2 Å². The molecule has 1 aromatic carbocycles. The Balaban J connectivity index is 2.15. The normalized spacial score (nSPS) is 11.9. The Morgan fingerprint density at radius 3 is 2.48 bits per heavy atom. The average molecular weight is 341 g/mol. The highest BCUT2D eigenvalue weighted by atomic mass is 16.5. The van der Waals surface area contributed by atoms with Crippen molar-refractivity contribution in [1.29, 1.82) is 0 Å². The van der Waals surface area contributed by atoms with Crippen LogP contribution in [0.25, 0.3) is 0 Å². The first-order chi connectivity index (χ1) is 11.6. The molecule has 2 aromatic rings. The van der Waals surface area contributed by atoms with E-state index >= 15 is 0 Å². The van der Waals surface area contributed by atoms with Gasteiger partial charge in [0.2, 0.25) is 5.88 Å². The van der Waals surface area contributed by atoms with Gasteiger partial charge in [-0.15, -0.1) is 0 Å². The van der Waals surface area contributed by atoms with Gasteiger partial charge in [0.1, 0.15) is 12.0 Å². The Morgan fingerprint density at radius 2 is 1.88 bits per heavy atom. The molecular weight excluding hydrogens is 317 g/mol. The van der Waals surface area contributed by atoms with Crippen LogP contribution in [0, 0.1) is 6.92 Å². The summed E-state index contributed by atoms with van der Waals surface area (Å²) in [6, 6.07) is 10.7. The Labute approximate surface area is 149 Å². The number of pyridine rings is 1. The number of benzene rings is 1. The number of aromatic nitrogens is 1. The van der Waals surface area contributed by atoms with Crippen LogP contribution in [-0.2, 0) is 4.65 Å². The molecule has 0 unspecified atom stereocenters. The molecule has 0 aliphatic rings. The third-order valence-electron chi connectivity index (χ3n) is 4.39. The fourth-order valence-electron chi connectivity index (χ4n) is 2.01. The van der Waals surface area contributed by atoms with Crippen molar-refractivity contribution >= 4 is 19.2 Å². The zero-order valence-electron chi connectivity index (χ0n) is 15.4. The van der Waals surface area contributed by atoms with Crippen LogP contribution in [-0.4, -0.2) is 35.1 Å². The van der Waals surface area contributed by atoms with Crippen LogP contribution in [0.4, 0.5) is 0 Å². The van der Waals surface area contributed by atoms with Crippen LogP contribution in [0.2, 0.25) is 0 Å². The van der Waals surface area contributed by atoms with E-state index in [0.717, 1.165) is 17.4 Å². The van der Waals surface area contributed by atoms with Gasteiger partial charge in [-0.3, -0.25) is 4.79 Å². The number of carbonyl (C=O) groups excluding carboxylic acids is 1. The summed E-state index contributed by atoms with van der Waals surface area (Å²) in [6.45, 7) is 8.90. The maximum Gasteiger partial charge on any atom is 0.310 e. The quantitative estimate of drug-likeness (QED) is 0.619. The van der Waals surface area contributed by atoms with Crippen LogP contribution in [0.15, 0.2) is 36.4 Å². The number of aryl methyl sites for hydroxylation is 1. The van der Waals surface area contributed by atoms with E-state index in [-0.39, 0.29) is 7.48 Å². The maximum absolute atomic E-state index is 11.4. The molecule has 0 amide bonds. The van der Waals surface area contributed by atoms with Gasteiger partial charge in [-0.25, -0.2) is 4.98 Å². The zero-order chi connectivity index (χ0) is 18.7. The largest absolute Gasteiger partial charge is 0.439 e. The minimum absolute atomic E-state index is 0.216. The number of hydrogen-bond acceptors (Lipinski definition) is 5. The summed E-state index contributed by atoms with van der Waals surface area (Å²) in [7, 11) is 0.216. The van der Waals surface area contributed by atoms with Crippen molar-refractivity contribution in [2.24, 2.45) is 0 Å². The first-order valence-electron chi connectivity index (χ1n) is 8.18. The molecule has 0 radical (unpaired) electrons. The number of aliphatic hydroxyl groups is 1. The second kappa shape index (κ2) is 7.37. The van der Waals surface area contributed by atoms with E-state index in [1.807, 2.05) is 32.9 Å². The Kier molecular flexibility index (Phi) is 5.65. The topological polar surface area (TPSA) is 68.7 Å². The van der Waals surface area contributed by atoms with E-state index in [2.05, 4.69) is 4.98 Å². The van der Waals surface area contributed by atoms with Crippen LogP contribution >= 0.6 is 0 Å². The monoisotopic (exact) mass is 341 g/mol. The lowest BCUT2D eigenvalue weighted by molar-refractivity contribution is -0.0893. The van der Waals surface area contributed by atoms with Gasteiger partial charge in [0, 0.05) is 17.3 Å². The second-order valence-corrected chi connectivity index (χ2v) is 7.06. The molecule has 0 saturated carbocycles. The first kappa shape index (κ1) is 19.2. The molecule has 2 rings (SSSR count). The van der Waals surface area contributed by atoms with Crippen molar-refractivity contribution in [3.05, 3.63) is 47.7 Å². The minimum atomic E-state index is -1.01. The second-order valence-electron chi connectivity index (χ2n) is 7.06. The van der Waals surface area contributed by atoms with Gasteiger partial charge < -0.3 is 14.5 Å². The molecule has 0 spiro atoms. The fourth-order valence-corrected chi connectivity index (χ4v) is 2.01. The van der Waals surface area contributed by atoms with E-state index in [9.17, 15) is 9.90 Å². The molecule has 25 heavy (non-hydrogen) atoms. The summed E-state index contributed by atoms with van der Waals surface area (Å²) in [5, 5.41) is 10.2. The molecule has 0 aliphatic heterocycles. The highest BCUT2D eigenvalue weighted by Gasteiger charge is 2.35. The van der Waals surface area contributed by atoms with Gasteiger partial charge in [0.15, 0.2) is 0 Å². The smallest absolute Gasteiger partial charge is 0.310 e. The lowest BCUT2D eigenvalue weighted by atomic mass is 9.80. The predicted molar refractivity (Wildman–Crippen MR) is 99.1 cm³/mol. The summed E-state index contributed by atoms with van der Waals surface area (Å²) < 4.78 is 11.5. The molecule has 0 atom stereocenters. The minimum Gasteiger partial charge on any atom is -0.439 e. The number of hydrogen-bond donors (Lipinski definition) is 1. The van der Waals surface area contributed by atoms with Crippen LogP contribution < -0.4 is 10.2 Å². The van der Waals surface area contributed by atoms with E-state index in [1.165, 1.54) is 0 Å². The van der Waals surface area contributed by atoms with Crippen LogP contribution in [0.1, 0.15) is 43.7 Å². The molecule has 0 bridgehead atoms. The van der Waals surface area contributed by atoms with Gasteiger partial charge in [-0.1, -0.05) is 12.1 Å². The molecule has 0 fully saturated rings. The molecule has 5 nitrogen and oxygen atoms in total. The molecule has 0 saturated heterocycles. The van der Waals surface area contributed by atoms with Crippen molar-refractivity contribution < 1.29 is 19.3 Å². The van der Waals surface area contributed by atoms with Crippen molar-refractivity contribution in [3.63, 3.8) is 0 Å². The number of carbonyl (C=O) groups is 1. The molecular formula is C19H24BNO4. The van der Waals surface area contributed by atoms with Crippen LogP contribution in [0.3, 0.4) is 0 Å². The highest BCUT2D eigenvalue weighted by Crippen LogP contribution is 2.25. The molecule has 0 aliphatic carbocycles. The van der Waals surface area contributed by atoms with Gasteiger partial charge >= 0.3 is 7.48 Å². The summed E-state index contributed by atoms with van der Waals surface area (Å²) in [5.41, 5.74) is 0.308. The van der Waals surface area contributed by atoms with Crippen molar-refractivity contribution in [2.75, 3.05) is 0 Å². The standard InChI is InChI=1S/C19H24BNO4/c1-13-7-6-8-17(21-13)24-15-9-10-16(14(11-15)12-22)20-25-19(4,5)18(2,3)23/h6-12,20,23H,1-5H3. The summed E-state index contributed by atoms with van der Waals surface area (Å²) in [6.07, 6.45) is 0.770. The maximum atomic E-state index is 11.4. The first-order valence-corrected chi connectivity index (χ1v) is 8.18. The summed E-state index contributed by atoms with van der Waals surface area (Å²) >= 11 is 0. The third-order valence-corrected chi connectivity index (χ3v) is 4.39. The van der Waals surface area contributed by atoms with Crippen molar-refractivity contribution in [2.45, 2.75) is 45.8 Å². The summed E-state index contributed by atoms with van der Waals surface area (Å²) in [5.74, 6) is 1.01. The highest BCUT2D eigenvalue weighted by molar-refractivity contribution is 6.49. The molecule has 1 aromatic heterocycles. The number of rotatable bonds is 7. The van der Waals surface area contributed by atoms with E-state index in [0.29, 0.717) is 17.2 Å². The SMILES string of the molecule is Cc1cccc(Oc2ccc(BOC(C)(C)C(C)(C)O)c(C=O)c2)n1. The zero-order valence-corrected chi connectivity index (χ0v) is 15.4. The fraction of sp³-hybridized carbons (Fsp3) is 0.368. The van der Waals surface area contributed by atoms with Crippen molar-refractivity contribution in [1.82, 2.24) is 4.98 Å². The molecule has 1 N–H and O–H groups in total. The van der Waals surface area contributed by atoms with E-state index in [1.54, 1.807) is 38.1 Å². The molecule has 6 heteroatoms. The number of nitrogens with zero attached hydrogens (tertiary/aromatic N) is 1. The molecule has 1 heterocycles. The van der Waals surface area contributed by atoms with E-state index in [4.69, 9.17) is 9.39 Å². The summed E-state index contributed by atoms with van der Waals surface area (Å²) in [4.78, 5) is 15.7. The number of ether oxygens (including phenoxy) is 1. The Hall–Kier alpha value is -2.18. The van der Waals surface area contributed by atoms with Crippen LogP contribution in [0.5, 0.6) is 11.6 Å². The lowest BCUT2D eigenvalue weighted by Crippen LogP contribution is -2.49. The molecule has 132 valence electrons. The van der Waals surface area contributed by atoms with E-state index < -0.39 is 11.2 Å². The lowest BCUT2D eigenvalue weighted by Gasteiger charge is -2.37. The van der Waals surface area contributed by atoms with Gasteiger partial charge in [0.25, 0.3) is 0 Å². The Morgan fingerprint density at radius 1 is 1.16 bits per heavy atom. The average Bonchev–Trinajstić information content (AvgIpc) is 2.52. The number of aldehydes is 1. The Bertz CT molecular complexity index is 753.